The van der Waals surface area contributed by atoms with Crippen molar-refractivity contribution in [1.82, 2.24) is 14.5 Å². The van der Waals surface area contributed by atoms with E-state index >= 15 is 0 Å². The minimum absolute atomic E-state index is 0.00912. The van der Waals surface area contributed by atoms with Crippen molar-refractivity contribution in [2.24, 2.45) is 0 Å². The molecule has 0 unspecified atom stereocenters. The summed E-state index contributed by atoms with van der Waals surface area (Å²) in [6.07, 6.45) is 2.12. The molecule has 0 radical (unpaired) electrons. The van der Waals surface area contributed by atoms with Gasteiger partial charge in [-0.05, 0) is 13.8 Å². The molecular weight excluding hydrogens is 286 g/mol. The Morgan fingerprint density at radius 2 is 2.23 bits per heavy atom. The van der Waals surface area contributed by atoms with Gasteiger partial charge in [0.1, 0.15) is 6.54 Å². The van der Waals surface area contributed by atoms with Crippen molar-refractivity contribution in [2.75, 3.05) is 26.3 Å². The minimum Gasteiger partial charge on any atom is -0.376 e. The van der Waals surface area contributed by atoms with Crippen molar-refractivity contribution in [3.63, 3.8) is 0 Å². The number of hydrogen-bond acceptors (Lipinski definition) is 5. The van der Waals surface area contributed by atoms with Crippen LogP contribution >= 0.6 is 0 Å². The van der Waals surface area contributed by atoms with Gasteiger partial charge >= 0.3 is 0 Å². The highest BCUT2D eigenvalue weighted by Crippen LogP contribution is 2.16. The van der Waals surface area contributed by atoms with Gasteiger partial charge in [0.25, 0.3) is 5.56 Å². The predicted octanol–water partition coefficient (Wildman–Crippen LogP) is -0.0466. The zero-order valence-corrected chi connectivity index (χ0v) is 13.0. The first-order valence-corrected chi connectivity index (χ1v) is 7.53. The van der Waals surface area contributed by atoms with Crippen LogP contribution in [0.2, 0.25) is 0 Å². The Bertz CT molecular complexity index is 638. The van der Waals surface area contributed by atoms with Crippen LogP contribution in [-0.4, -0.2) is 52.3 Å². The average Bonchev–Trinajstić information content (AvgIpc) is 2.49. The third-order valence-electron chi connectivity index (χ3n) is 4.03. The van der Waals surface area contributed by atoms with E-state index in [4.69, 9.17) is 9.47 Å². The Balaban J connectivity index is 1.76. The lowest BCUT2D eigenvalue weighted by atomic mass is 10.1. The number of carbonyl (C=O) groups excluding carboxylic acids is 1. The van der Waals surface area contributed by atoms with Gasteiger partial charge in [0.15, 0.2) is 0 Å². The number of rotatable bonds is 2. The predicted molar refractivity (Wildman–Crippen MR) is 78.5 cm³/mol. The van der Waals surface area contributed by atoms with Crippen LogP contribution < -0.4 is 5.56 Å². The van der Waals surface area contributed by atoms with Gasteiger partial charge in [-0.3, -0.25) is 14.2 Å². The number of ether oxygens (including phenoxy) is 2. The summed E-state index contributed by atoms with van der Waals surface area (Å²) >= 11 is 0. The number of aromatic nitrogens is 2. The Morgan fingerprint density at radius 1 is 1.41 bits per heavy atom. The molecule has 0 atom stereocenters. The van der Waals surface area contributed by atoms with Gasteiger partial charge in [-0.15, -0.1) is 0 Å². The van der Waals surface area contributed by atoms with E-state index in [0.29, 0.717) is 38.3 Å². The molecule has 0 aromatic carbocycles. The Labute approximate surface area is 128 Å². The third kappa shape index (κ3) is 3.05. The number of nitrogens with zero attached hydrogens (tertiary/aromatic N) is 3. The normalized spacial score (nSPS) is 20.5. The molecule has 7 nitrogen and oxygen atoms in total. The van der Waals surface area contributed by atoms with E-state index in [9.17, 15) is 9.59 Å². The van der Waals surface area contributed by atoms with Crippen molar-refractivity contribution in [3.05, 3.63) is 27.9 Å². The number of morpholine rings is 1. The van der Waals surface area contributed by atoms with Crippen LogP contribution in [-0.2, 0) is 33.8 Å². The van der Waals surface area contributed by atoms with Crippen LogP contribution in [0.5, 0.6) is 0 Å². The number of fused-ring (bicyclic) bond motifs is 1. The fourth-order valence-corrected chi connectivity index (χ4v) is 2.86. The molecule has 2 aliphatic heterocycles. The van der Waals surface area contributed by atoms with Gasteiger partial charge in [0.05, 0.1) is 43.0 Å². The zero-order chi connectivity index (χ0) is 15.7. The van der Waals surface area contributed by atoms with E-state index in [1.54, 1.807) is 4.90 Å². The molecule has 2 aliphatic rings. The molecule has 7 heteroatoms. The maximum atomic E-state index is 12.4. The van der Waals surface area contributed by atoms with Crippen molar-refractivity contribution >= 4 is 5.91 Å². The molecule has 0 N–H and O–H groups in total. The lowest BCUT2D eigenvalue weighted by Crippen LogP contribution is -2.51. The molecule has 120 valence electrons. The highest BCUT2D eigenvalue weighted by Gasteiger charge is 2.30. The van der Waals surface area contributed by atoms with E-state index in [1.807, 2.05) is 13.8 Å². The summed E-state index contributed by atoms with van der Waals surface area (Å²) in [5.74, 6) is -0.0862. The first-order valence-electron chi connectivity index (χ1n) is 7.53. The van der Waals surface area contributed by atoms with Crippen LogP contribution in [0.1, 0.15) is 25.1 Å². The number of hydrogen-bond donors (Lipinski definition) is 0. The van der Waals surface area contributed by atoms with Crippen molar-refractivity contribution < 1.29 is 14.3 Å². The molecule has 22 heavy (non-hydrogen) atoms. The molecule has 3 heterocycles. The summed E-state index contributed by atoms with van der Waals surface area (Å²) in [6, 6.07) is 0. The Kier molecular flexibility index (Phi) is 4.01. The standard InChI is InChI=1S/C15H21N3O4/c1-15(2)9-17(4-6-22-15)13(19)7-18-10-16-12-3-5-21-8-11(12)14(18)20/h10H,3-9H2,1-2H3. The molecule has 1 amide bonds. The molecule has 1 aromatic heterocycles. The molecule has 1 saturated heterocycles. The maximum absolute atomic E-state index is 12.4. The average molecular weight is 307 g/mol. The molecule has 1 fully saturated rings. The Morgan fingerprint density at radius 3 is 3.00 bits per heavy atom. The summed E-state index contributed by atoms with van der Waals surface area (Å²) in [5, 5.41) is 0. The van der Waals surface area contributed by atoms with Crippen molar-refractivity contribution in [2.45, 2.75) is 39.0 Å². The van der Waals surface area contributed by atoms with E-state index < -0.39 is 0 Å². The molecule has 0 bridgehead atoms. The van der Waals surface area contributed by atoms with Crippen molar-refractivity contribution in [3.8, 4) is 0 Å². The topological polar surface area (TPSA) is 73.7 Å². The summed E-state index contributed by atoms with van der Waals surface area (Å²) < 4.78 is 12.3. The molecule has 1 aromatic rings. The molecule has 0 aliphatic carbocycles. The highest BCUT2D eigenvalue weighted by molar-refractivity contribution is 5.76. The monoisotopic (exact) mass is 307 g/mol. The quantitative estimate of drug-likeness (QED) is 0.766. The summed E-state index contributed by atoms with van der Waals surface area (Å²) in [5.41, 5.74) is 0.836. The van der Waals surface area contributed by atoms with Crippen LogP contribution in [0.15, 0.2) is 11.1 Å². The largest absolute Gasteiger partial charge is 0.376 e. The van der Waals surface area contributed by atoms with Gasteiger partial charge in [-0.25, -0.2) is 4.98 Å². The van der Waals surface area contributed by atoms with Crippen LogP contribution in [0, 0.1) is 0 Å². The summed E-state index contributed by atoms with van der Waals surface area (Å²) in [6.45, 7) is 6.39. The lowest BCUT2D eigenvalue weighted by Gasteiger charge is -2.38. The van der Waals surface area contributed by atoms with Crippen LogP contribution in [0.4, 0.5) is 0 Å². The third-order valence-corrected chi connectivity index (χ3v) is 4.03. The second-order valence-electron chi connectivity index (χ2n) is 6.33. The number of amides is 1. The smallest absolute Gasteiger partial charge is 0.259 e. The fourth-order valence-electron chi connectivity index (χ4n) is 2.86. The minimum atomic E-state index is -0.346. The fraction of sp³-hybridized carbons (Fsp3) is 0.667. The summed E-state index contributed by atoms with van der Waals surface area (Å²) in [7, 11) is 0. The first kappa shape index (κ1) is 15.2. The van der Waals surface area contributed by atoms with E-state index in [2.05, 4.69) is 4.98 Å². The van der Waals surface area contributed by atoms with Gasteiger partial charge in [0, 0.05) is 19.5 Å². The van der Waals surface area contributed by atoms with E-state index in [-0.39, 0.29) is 30.2 Å². The summed E-state index contributed by atoms with van der Waals surface area (Å²) in [4.78, 5) is 30.9. The molecular formula is C15H21N3O4. The SMILES string of the molecule is CC1(C)CN(C(=O)Cn2cnc3c(c2=O)COCC3)CCO1. The zero-order valence-electron chi connectivity index (χ0n) is 13.0. The second-order valence-corrected chi connectivity index (χ2v) is 6.33. The maximum Gasteiger partial charge on any atom is 0.259 e. The van der Waals surface area contributed by atoms with E-state index in [1.165, 1.54) is 10.9 Å². The highest BCUT2D eigenvalue weighted by atomic mass is 16.5. The van der Waals surface area contributed by atoms with Gasteiger partial charge in [-0.1, -0.05) is 0 Å². The van der Waals surface area contributed by atoms with Crippen LogP contribution in [0.25, 0.3) is 0 Å². The first-order chi connectivity index (χ1) is 10.5. The van der Waals surface area contributed by atoms with E-state index in [0.717, 1.165) is 5.69 Å². The molecule has 3 rings (SSSR count). The Hall–Kier alpha value is -1.73. The van der Waals surface area contributed by atoms with Crippen molar-refractivity contribution in [1.29, 1.82) is 0 Å². The van der Waals surface area contributed by atoms with Gasteiger partial charge in [0.2, 0.25) is 5.91 Å². The molecule has 0 spiro atoms. The number of carbonyl (C=O) groups is 1. The van der Waals surface area contributed by atoms with Gasteiger partial charge in [-0.2, -0.15) is 0 Å². The van der Waals surface area contributed by atoms with Gasteiger partial charge < -0.3 is 14.4 Å². The lowest BCUT2D eigenvalue weighted by molar-refractivity contribution is -0.146. The second kappa shape index (κ2) is 5.81. The van der Waals surface area contributed by atoms with Crippen LogP contribution in [0.3, 0.4) is 0 Å². The molecule has 0 saturated carbocycles.